The molecular weight excluding hydrogens is 406 g/mol. The van der Waals surface area contributed by atoms with Crippen LogP contribution in [0.3, 0.4) is 0 Å². The van der Waals surface area contributed by atoms with Crippen LogP contribution in [0.25, 0.3) is 0 Å². The third-order valence-corrected chi connectivity index (χ3v) is 4.43. The van der Waals surface area contributed by atoms with Crippen LogP contribution in [0, 0.1) is 11.3 Å². The summed E-state index contributed by atoms with van der Waals surface area (Å²) in [6, 6.07) is 16.1. The second kappa shape index (κ2) is 9.71. The third-order valence-electron chi connectivity index (χ3n) is 2.89. The van der Waals surface area contributed by atoms with Crippen LogP contribution in [0.15, 0.2) is 57.9 Å². The first-order valence-corrected chi connectivity index (χ1v) is 8.94. The number of hydrazine groups is 1. The van der Waals surface area contributed by atoms with Crippen LogP contribution in [0.1, 0.15) is 5.56 Å². The first-order chi connectivity index (χ1) is 12.1. The lowest BCUT2D eigenvalue weighted by Gasteiger charge is -2.09. The Morgan fingerprint density at radius 1 is 1.08 bits per heavy atom. The van der Waals surface area contributed by atoms with Crippen molar-refractivity contribution >= 4 is 39.5 Å². The Balaban J connectivity index is 1.69. The number of thioether (sulfide) groups is 1. The summed E-state index contributed by atoms with van der Waals surface area (Å²) in [6.07, 6.45) is 0. The Hall–Kier alpha value is -2.50. The van der Waals surface area contributed by atoms with Crippen molar-refractivity contribution in [1.29, 1.82) is 5.26 Å². The lowest BCUT2D eigenvalue weighted by Crippen LogP contribution is -2.44. The van der Waals surface area contributed by atoms with Crippen molar-refractivity contribution < 1.29 is 14.3 Å². The van der Waals surface area contributed by atoms with Gasteiger partial charge in [0.1, 0.15) is 11.8 Å². The summed E-state index contributed by atoms with van der Waals surface area (Å²) in [6.45, 7) is -0.307. The molecule has 25 heavy (non-hydrogen) atoms. The maximum Gasteiger partial charge on any atom is 0.276 e. The lowest BCUT2D eigenvalue weighted by atomic mass is 10.2. The predicted molar refractivity (Wildman–Crippen MR) is 97.8 cm³/mol. The summed E-state index contributed by atoms with van der Waals surface area (Å²) in [5.41, 5.74) is 4.92. The fraction of sp³-hybridized carbons (Fsp3) is 0.118. The summed E-state index contributed by atoms with van der Waals surface area (Å²) >= 11 is 4.69. The van der Waals surface area contributed by atoms with E-state index in [-0.39, 0.29) is 18.3 Å². The first kappa shape index (κ1) is 18.8. The average molecular weight is 420 g/mol. The molecule has 0 saturated carbocycles. The molecule has 2 aromatic carbocycles. The molecule has 2 N–H and O–H groups in total. The van der Waals surface area contributed by atoms with Gasteiger partial charge in [-0.15, -0.1) is 11.8 Å². The Labute approximate surface area is 157 Å². The third kappa shape index (κ3) is 6.49. The van der Waals surface area contributed by atoms with E-state index in [9.17, 15) is 9.59 Å². The average Bonchev–Trinajstić information content (AvgIpc) is 2.64. The molecule has 2 amide bonds. The molecule has 8 heteroatoms. The van der Waals surface area contributed by atoms with Crippen molar-refractivity contribution in [3.63, 3.8) is 0 Å². The maximum absolute atomic E-state index is 11.7. The molecule has 0 saturated heterocycles. The molecule has 128 valence electrons. The van der Waals surface area contributed by atoms with Crippen LogP contribution in [0.5, 0.6) is 5.75 Å². The van der Waals surface area contributed by atoms with Gasteiger partial charge in [0.05, 0.1) is 11.3 Å². The van der Waals surface area contributed by atoms with E-state index >= 15 is 0 Å². The van der Waals surface area contributed by atoms with Crippen LogP contribution in [0.2, 0.25) is 0 Å². The summed E-state index contributed by atoms with van der Waals surface area (Å²) in [5, 5.41) is 8.94. The molecule has 0 aliphatic heterocycles. The fourth-order valence-electron chi connectivity index (χ4n) is 1.72. The molecule has 0 spiro atoms. The van der Waals surface area contributed by atoms with Gasteiger partial charge in [-0.1, -0.05) is 28.1 Å². The molecule has 2 aromatic rings. The van der Waals surface area contributed by atoms with Gasteiger partial charge in [0.2, 0.25) is 5.91 Å². The number of ether oxygens (including phenoxy) is 1. The highest BCUT2D eigenvalue weighted by Gasteiger charge is 2.08. The van der Waals surface area contributed by atoms with E-state index < -0.39 is 5.91 Å². The largest absolute Gasteiger partial charge is 0.482 e. The van der Waals surface area contributed by atoms with E-state index in [1.807, 2.05) is 30.3 Å². The zero-order chi connectivity index (χ0) is 18.1. The first-order valence-electron chi connectivity index (χ1n) is 7.16. The van der Waals surface area contributed by atoms with Crippen LogP contribution in [-0.4, -0.2) is 24.2 Å². The number of hydrogen-bond donors (Lipinski definition) is 2. The summed E-state index contributed by atoms with van der Waals surface area (Å²) < 4.78 is 6.23. The van der Waals surface area contributed by atoms with Crippen LogP contribution in [0.4, 0.5) is 0 Å². The minimum atomic E-state index is -0.519. The fourth-order valence-corrected chi connectivity index (χ4v) is 2.68. The highest BCUT2D eigenvalue weighted by molar-refractivity contribution is 9.10. The monoisotopic (exact) mass is 419 g/mol. The number of halogens is 1. The molecule has 0 unspecified atom stereocenters. The molecule has 0 aromatic heterocycles. The number of nitriles is 1. The number of nitrogens with one attached hydrogen (secondary N) is 2. The summed E-state index contributed by atoms with van der Waals surface area (Å²) in [5.74, 6) is -0.370. The SMILES string of the molecule is N#Cc1ccccc1OCC(=O)NNC(=O)CSc1ccc(Br)cc1. The molecule has 0 heterocycles. The minimum absolute atomic E-state index is 0.167. The Morgan fingerprint density at radius 3 is 2.48 bits per heavy atom. The Morgan fingerprint density at radius 2 is 1.76 bits per heavy atom. The molecule has 0 atom stereocenters. The second-order valence-electron chi connectivity index (χ2n) is 4.74. The van der Waals surface area contributed by atoms with E-state index in [2.05, 4.69) is 26.8 Å². The lowest BCUT2D eigenvalue weighted by molar-refractivity contribution is -0.128. The van der Waals surface area contributed by atoms with E-state index in [0.717, 1.165) is 9.37 Å². The molecule has 6 nitrogen and oxygen atoms in total. The second-order valence-corrected chi connectivity index (χ2v) is 6.70. The quantitative estimate of drug-likeness (QED) is 0.554. The van der Waals surface area contributed by atoms with Gasteiger partial charge in [-0.3, -0.25) is 20.4 Å². The standard InChI is InChI=1S/C17H14BrN3O3S/c18-13-5-7-14(8-6-13)25-11-17(23)21-20-16(22)10-24-15-4-2-1-3-12(15)9-19/h1-8H,10-11H2,(H,20,22)(H,21,23). The van der Waals surface area contributed by atoms with Crippen molar-refractivity contribution in [2.24, 2.45) is 0 Å². The molecule has 0 aliphatic rings. The van der Waals surface area contributed by atoms with Gasteiger partial charge in [-0.25, -0.2) is 0 Å². The van der Waals surface area contributed by atoms with Crippen LogP contribution in [-0.2, 0) is 9.59 Å². The normalized spacial score (nSPS) is 9.76. The minimum Gasteiger partial charge on any atom is -0.482 e. The predicted octanol–water partition coefficient (Wildman–Crippen LogP) is 2.64. The Kier molecular flexibility index (Phi) is 7.32. The molecule has 0 aliphatic carbocycles. The van der Waals surface area contributed by atoms with E-state index in [1.165, 1.54) is 11.8 Å². The van der Waals surface area contributed by atoms with Gasteiger partial charge >= 0.3 is 0 Å². The number of carbonyl (C=O) groups excluding carboxylic acids is 2. The van der Waals surface area contributed by atoms with Crippen molar-refractivity contribution in [2.75, 3.05) is 12.4 Å². The molecule has 0 bridgehead atoms. The topological polar surface area (TPSA) is 91.2 Å². The van der Waals surface area contributed by atoms with Crippen molar-refractivity contribution in [2.45, 2.75) is 4.90 Å². The van der Waals surface area contributed by atoms with Gasteiger partial charge in [-0.05, 0) is 36.4 Å². The highest BCUT2D eigenvalue weighted by atomic mass is 79.9. The summed E-state index contributed by atoms with van der Waals surface area (Å²) in [7, 11) is 0. The molecule has 0 radical (unpaired) electrons. The number of para-hydroxylation sites is 1. The van der Waals surface area contributed by atoms with Gasteiger partial charge in [0.15, 0.2) is 6.61 Å². The number of carbonyl (C=O) groups is 2. The van der Waals surface area contributed by atoms with Gasteiger partial charge in [0.25, 0.3) is 5.91 Å². The van der Waals surface area contributed by atoms with Gasteiger partial charge < -0.3 is 4.74 Å². The zero-order valence-electron chi connectivity index (χ0n) is 13.0. The number of amides is 2. The van der Waals surface area contributed by atoms with Crippen LogP contribution < -0.4 is 15.6 Å². The van der Waals surface area contributed by atoms with E-state index in [4.69, 9.17) is 10.00 Å². The van der Waals surface area contributed by atoms with Crippen LogP contribution >= 0.6 is 27.7 Å². The van der Waals surface area contributed by atoms with Gasteiger partial charge in [0, 0.05) is 9.37 Å². The maximum atomic E-state index is 11.7. The number of benzene rings is 2. The van der Waals surface area contributed by atoms with Crippen molar-refractivity contribution in [3.05, 3.63) is 58.6 Å². The zero-order valence-corrected chi connectivity index (χ0v) is 15.4. The van der Waals surface area contributed by atoms with Crippen molar-refractivity contribution in [1.82, 2.24) is 10.9 Å². The highest BCUT2D eigenvalue weighted by Crippen LogP contribution is 2.20. The molecule has 0 fully saturated rings. The Bertz CT molecular complexity index is 790. The number of hydrogen-bond acceptors (Lipinski definition) is 5. The smallest absolute Gasteiger partial charge is 0.276 e. The van der Waals surface area contributed by atoms with Gasteiger partial charge in [-0.2, -0.15) is 5.26 Å². The summed E-state index contributed by atoms with van der Waals surface area (Å²) in [4.78, 5) is 24.4. The molecular formula is C17H14BrN3O3S. The van der Waals surface area contributed by atoms with E-state index in [0.29, 0.717) is 11.3 Å². The number of nitrogens with zero attached hydrogens (tertiary/aromatic N) is 1. The number of rotatable bonds is 6. The molecule has 2 rings (SSSR count). The van der Waals surface area contributed by atoms with Crippen molar-refractivity contribution in [3.8, 4) is 11.8 Å². The van der Waals surface area contributed by atoms with E-state index in [1.54, 1.807) is 24.3 Å².